The predicted octanol–water partition coefficient (Wildman–Crippen LogP) is 3.96. The van der Waals surface area contributed by atoms with Gasteiger partial charge in [0, 0.05) is 6.54 Å². The topological polar surface area (TPSA) is 38.3 Å². The van der Waals surface area contributed by atoms with Crippen molar-refractivity contribution in [1.29, 1.82) is 0 Å². The highest BCUT2D eigenvalue weighted by Crippen LogP contribution is 2.21. The molecule has 3 nitrogen and oxygen atoms in total. The third-order valence-electron chi connectivity index (χ3n) is 3.90. The maximum Gasteiger partial charge on any atom is 0.261 e. The van der Waals surface area contributed by atoms with Gasteiger partial charge in [0.25, 0.3) is 5.91 Å². The smallest absolute Gasteiger partial charge is 0.261 e. The Morgan fingerprint density at radius 3 is 2.54 bits per heavy atom. The van der Waals surface area contributed by atoms with Crippen LogP contribution in [-0.2, 0) is 11.2 Å². The van der Waals surface area contributed by atoms with Crippen LogP contribution in [0.3, 0.4) is 0 Å². The zero-order valence-corrected chi connectivity index (χ0v) is 14.4. The summed E-state index contributed by atoms with van der Waals surface area (Å²) < 4.78 is 18.8. The van der Waals surface area contributed by atoms with E-state index in [1.807, 2.05) is 39.0 Å². The quantitative estimate of drug-likeness (QED) is 0.835. The minimum Gasteiger partial charge on any atom is -0.480 e. The molecule has 24 heavy (non-hydrogen) atoms. The Labute approximate surface area is 142 Å². The number of halogens is 1. The first kappa shape index (κ1) is 18.0. The molecule has 0 radical (unpaired) electrons. The van der Waals surface area contributed by atoms with Crippen LogP contribution in [0, 0.1) is 19.7 Å². The first-order chi connectivity index (χ1) is 11.5. The van der Waals surface area contributed by atoms with Gasteiger partial charge in [-0.2, -0.15) is 0 Å². The molecule has 0 bridgehead atoms. The molecule has 1 amide bonds. The molecule has 0 saturated carbocycles. The lowest BCUT2D eigenvalue weighted by atomic mass is 10.1. The Hall–Kier alpha value is -2.36. The summed E-state index contributed by atoms with van der Waals surface area (Å²) in [6.07, 6.45) is 0.737. The van der Waals surface area contributed by atoms with E-state index in [-0.39, 0.29) is 11.7 Å². The van der Waals surface area contributed by atoms with Crippen LogP contribution in [0.4, 0.5) is 4.39 Å². The molecule has 2 rings (SSSR count). The number of amides is 1. The molecule has 0 fully saturated rings. The Bertz CT molecular complexity index is 683. The lowest BCUT2D eigenvalue weighted by molar-refractivity contribution is -0.128. The largest absolute Gasteiger partial charge is 0.480 e. The lowest BCUT2D eigenvalue weighted by Crippen LogP contribution is -2.39. The number of ether oxygens (including phenoxy) is 1. The summed E-state index contributed by atoms with van der Waals surface area (Å²) in [5.41, 5.74) is 3.10. The fourth-order valence-corrected chi connectivity index (χ4v) is 2.40. The lowest BCUT2D eigenvalue weighted by Gasteiger charge is -2.19. The van der Waals surface area contributed by atoms with Crippen molar-refractivity contribution in [3.8, 4) is 5.75 Å². The molecule has 1 atom stereocenters. The Kier molecular flexibility index (Phi) is 6.36. The van der Waals surface area contributed by atoms with Gasteiger partial charge in [-0.15, -0.1) is 0 Å². The van der Waals surface area contributed by atoms with E-state index in [1.165, 1.54) is 12.1 Å². The van der Waals surface area contributed by atoms with Crippen LogP contribution < -0.4 is 10.1 Å². The first-order valence-electron chi connectivity index (χ1n) is 8.25. The number of hydrogen-bond donors (Lipinski definition) is 1. The number of carbonyl (C=O) groups excluding carboxylic acids is 1. The molecule has 0 aromatic heterocycles. The summed E-state index contributed by atoms with van der Waals surface area (Å²) in [7, 11) is 0. The number of aryl methyl sites for hydroxylation is 2. The van der Waals surface area contributed by atoms with E-state index < -0.39 is 6.10 Å². The average Bonchev–Trinajstić information content (AvgIpc) is 2.57. The number of rotatable bonds is 7. The van der Waals surface area contributed by atoms with Crippen LogP contribution in [-0.4, -0.2) is 18.6 Å². The van der Waals surface area contributed by atoms with Gasteiger partial charge in [-0.3, -0.25) is 4.79 Å². The summed E-state index contributed by atoms with van der Waals surface area (Å²) >= 11 is 0. The molecular weight excluding hydrogens is 305 g/mol. The number of hydrogen-bond acceptors (Lipinski definition) is 2. The molecule has 0 aliphatic carbocycles. The van der Waals surface area contributed by atoms with Crippen LogP contribution in [0.1, 0.15) is 30.0 Å². The summed E-state index contributed by atoms with van der Waals surface area (Å²) in [5, 5.41) is 2.89. The third-order valence-corrected chi connectivity index (χ3v) is 3.90. The third kappa shape index (κ3) is 5.08. The molecule has 0 aliphatic rings. The molecule has 0 saturated heterocycles. The van der Waals surface area contributed by atoms with E-state index in [0.717, 1.165) is 22.4 Å². The van der Waals surface area contributed by atoms with Gasteiger partial charge in [0.2, 0.25) is 0 Å². The standard InChI is InChI=1S/C20H24FNO2/c1-4-18(24-19-13-14(2)5-6-15(19)3)20(23)22-12-11-16-7-9-17(21)10-8-16/h5-10,13,18H,4,11-12H2,1-3H3,(H,22,23). The number of carbonyl (C=O) groups is 1. The van der Waals surface area contributed by atoms with Gasteiger partial charge in [-0.25, -0.2) is 4.39 Å². The van der Waals surface area contributed by atoms with Crippen molar-refractivity contribution in [3.63, 3.8) is 0 Å². The normalized spacial score (nSPS) is 11.8. The molecule has 1 unspecified atom stereocenters. The van der Waals surface area contributed by atoms with Crippen LogP contribution in [0.25, 0.3) is 0 Å². The predicted molar refractivity (Wildman–Crippen MR) is 93.7 cm³/mol. The van der Waals surface area contributed by atoms with Crippen molar-refractivity contribution >= 4 is 5.91 Å². The second-order valence-corrected chi connectivity index (χ2v) is 5.95. The van der Waals surface area contributed by atoms with Crippen molar-refractivity contribution in [2.24, 2.45) is 0 Å². The zero-order valence-electron chi connectivity index (χ0n) is 14.4. The highest BCUT2D eigenvalue weighted by molar-refractivity contribution is 5.81. The van der Waals surface area contributed by atoms with Gasteiger partial charge in [0.15, 0.2) is 6.10 Å². The average molecular weight is 329 g/mol. The van der Waals surface area contributed by atoms with Gasteiger partial charge in [-0.05, 0) is 61.6 Å². The van der Waals surface area contributed by atoms with Crippen molar-refractivity contribution in [2.45, 2.75) is 39.7 Å². The van der Waals surface area contributed by atoms with E-state index in [4.69, 9.17) is 4.74 Å². The molecular formula is C20H24FNO2. The van der Waals surface area contributed by atoms with Crippen molar-refractivity contribution in [1.82, 2.24) is 5.32 Å². The summed E-state index contributed by atoms with van der Waals surface area (Å²) in [5.74, 6) is 0.367. The summed E-state index contributed by atoms with van der Waals surface area (Å²) in [4.78, 5) is 12.3. The summed E-state index contributed by atoms with van der Waals surface area (Å²) in [6.45, 7) is 6.39. The zero-order chi connectivity index (χ0) is 17.5. The highest BCUT2D eigenvalue weighted by Gasteiger charge is 2.18. The van der Waals surface area contributed by atoms with E-state index in [0.29, 0.717) is 19.4 Å². The van der Waals surface area contributed by atoms with Crippen molar-refractivity contribution < 1.29 is 13.9 Å². The van der Waals surface area contributed by atoms with Gasteiger partial charge in [0.1, 0.15) is 11.6 Å². The first-order valence-corrected chi connectivity index (χ1v) is 8.25. The Balaban J connectivity index is 1.89. The Morgan fingerprint density at radius 2 is 1.88 bits per heavy atom. The van der Waals surface area contributed by atoms with Crippen LogP contribution in [0.5, 0.6) is 5.75 Å². The molecule has 4 heteroatoms. The van der Waals surface area contributed by atoms with E-state index in [2.05, 4.69) is 5.32 Å². The molecule has 1 N–H and O–H groups in total. The Morgan fingerprint density at radius 1 is 1.17 bits per heavy atom. The fraction of sp³-hybridized carbons (Fsp3) is 0.350. The van der Waals surface area contributed by atoms with Gasteiger partial charge >= 0.3 is 0 Å². The van der Waals surface area contributed by atoms with Gasteiger partial charge < -0.3 is 10.1 Å². The maximum absolute atomic E-state index is 12.9. The highest BCUT2D eigenvalue weighted by atomic mass is 19.1. The minimum atomic E-state index is -0.515. The second-order valence-electron chi connectivity index (χ2n) is 5.95. The molecule has 2 aromatic rings. The minimum absolute atomic E-state index is 0.125. The van der Waals surface area contributed by atoms with Crippen molar-refractivity contribution in [3.05, 3.63) is 65.0 Å². The van der Waals surface area contributed by atoms with E-state index in [1.54, 1.807) is 12.1 Å². The molecule has 0 heterocycles. The van der Waals surface area contributed by atoms with Crippen molar-refractivity contribution in [2.75, 3.05) is 6.54 Å². The van der Waals surface area contributed by atoms with E-state index >= 15 is 0 Å². The molecule has 0 aliphatic heterocycles. The van der Waals surface area contributed by atoms with E-state index in [9.17, 15) is 9.18 Å². The van der Waals surface area contributed by atoms with Crippen LogP contribution >= 0.6 is 0 Å². The molecule has 0 spiro atoms. The molecule has 128 valence electrons. The van der Waals surface area contributed by atoms with Crippen LogP contribution in [0.15, 0.2) is 42.5 Å². The van der Waals surface area contributed by atoms with Gasteiger partial charge in [-0.1, -0.05) is 31.2 Å². The van der Waals surface area contributed by atoms with Crippen LogP contribution in [0.2, 0.25) is 0 Å². The monoisotopic (exact) mass is 329 g/mol. The second kappa shape index (κ2) is 8.48. The maximum atomic E-state index is 12.9. The summed E-state index contributed by atoms with van der Waals surface area (Å²) in [6, 6.07) is 12.3. The number of nitrogens with one attached hydrogen (secondary N) is 1. The molecule has 2 aromatic carbocycles. The number of benzene rings is 2. The van der Waals surface area contributed by atoms with Gasteiger partial charge in [0.05, 0.1) is 0 Å². The fourth-order valence-electron chi connectivity index (χ4n) is 2.40. The SMILES string of the molecule is CCC(Oc1cc(C)ccc1C)C(=O)NCCc1ccc(F)cc1.